The number of hydrogen-bond donors (Lipinski definition) is 0. The van der Waals surface area contributed by atoms with Gasteiger partial charge in [0.05, 0.1) is 15.1 Å². The monoisotopic (exact) mass is 311 g/mol. The molecular weight excluding hydrogens is 301 g/mol. The number of hydrogen-bond acceptors (Lipinski definition) is 3. The Morgan fingerprint density at radius 1 is 1.37 bits per heavy atom. The number of pyridine rings is 1. The van der Waals surface area contributed by atoms with Crippen molar-refractivity contribution in [3.8, 4) is 0 Å². The molecule has 0 radical (unpaired) electrons. The molecule has 5 heteroatoms. The van der Waals surface area contributed by atoms with Crippen molar-refractivity contribution in [2.75, 3.05) is 0 Å². The molecule has 0 fully saturated rings. The highest BCUT2D eigenvalue weighted by Crippen LogP contribution is 2.42. The molecule has 19 heavy (non-hydrogen) atoms. The molecule has 1 atom stereocenters. The van der Waals surface area contributed by atoms with Gasteiger partial charge in [0.15, 0.2) is 5.78 Å². The van der Waals surface area contributed by atoms with Crippen LogP contribution in [0.5, 0.6) is 0 Å². The van der Waals surface area contributed by atoms with Crippen LogP contribution in [0.25, 0.3) is 0 Å². The highest BCUT2D eigenvalue weighted by atomic mass is 35.5. The van der Waals surface area contributed by atoms with Crippen LogP contribution in [0.15, 0.2) is 17.6 Å². The Kier molecular flexibility index (Phi) is 3.37. The fourth-order valence-corrected chi connectivity index (χ4v) is 4.28. The van der Waals surface area contributed by atoms with Crippen LogP contribution in [-0.2, 0) is 6.42 Å². The summed E-state index contributed by atoms with van der Waals surface area (Å²) < 4.78 is 0.680. The zero-order valence-corrected chi connectivity index (χ0v) is 12.6. The Hall–Kier alpha value is -0.900. The fourth-order valence-electron chi connectivity index (χ4n) is 2.67. The third-order valence-electron chi connectivity index (χ3n) is 3.53. The average molecular weight is 312 g/mol. The first-order chi connectivity index (χ1) is 9.08. The van der Waals surface area contributed by atoms with Crippen LogP contribution < -0.4 is 0 Å². The van der Waals surface area contributed by atoms with Crippen LogP contribution in [0.4, 0.5) is 0 Å². The van der Waals surface area contributed by atoms with Gasteiger partial charge < -0.3 is 0 Å². The molecule has 1 aliphatic carbocycles. The number of ketones is 1. The van der Waals surface area contributed by atoms with Crippen LogP contribution >= 0.6 is 34.5 Å². The first kappa shape index (κ1) is 13.1. The van der Waals surface area contributed by atoms with Gasteiger partial charge in [-0.15, -0.1) is 11.3 Å². The minimum absolute atomic E-state index is 0.0422. The third-order valence-corrected chi connectivity index (χ3v) is 5.22. The van der Waals surface area contributed by atoms with E-state index in [9.17, 15) is 4.79 Å². The minimum Gasteiger partial charge on any atom is -0.294 e. The minimum atomic E-state index is 0.0422. The highest BCUT2D eigenvalue weighted by molar-refractivity contribution is 7.15. The molecule has 2 nitrogen and oxygen atoms in total. The van der Waals surface area contributed by atoms with E-state index in [2.05, 4.69) is 4.98 Å². The van der Waals surface area contributed by atoms with E-state index in [1.165, 1.54) is 11.3 Å². The molecule has 2 heterocycles. The van der Waals surface area contributed by atoms with E-state index in [1.54, 1.807) is 6.20 Å². The molecule has 0 aliphatic heterocycles. The molecule has 0 aromatic carbocycles. The summed E-state index contributed by atoms with van der Waals surface area (Å²) in [6.45, 7) is 1.95. The van der Waals surface area contributed by atoms with Gasteiger partial charge in [-0.05, 0) is 25.0 Å². The van der Waals surface area contributed by atoms with Crippen molar-refractivity contribution >= 4 is 40.3 Å². The molecule has 0 N–H and O–H groups in total. The highest BCUT2D eigenvalue weighted by Gasteiger charge is 2.31. The van der Waals surface area contributed by atoms with Gasteiger partial charge in [0.25, 0.3) is 0 Å². The number of thiophene rings is 1. The fraction of sp³-hybridized carbons (Fsp3) is 0.286. The number of Topliss-reactive ketones (excluding diaryl/α,β-unsaturated/α-hetero) is 1. The van der Waals surface area contributed by atoms with E-state index in [1.807, 2.05) is 18.4 Å². The molecule has 1 aliphatic rings. The molecule has 1 unspecified atom stereocenters. The van der Waals surface area contributed by atoms with Crippen molar-refractivity contribution in [2.45, 2.75) is 25.7 Å². The van der Waals surface area contributed by atoms with Crippen LogP contribution in [0.1, 0.15) is 39.5 Å². The van der Waals surface area contributed by atoms with E-state index >= 15 is 0 Å². The van der Waals surface area contributed by atoms with Gasteiger partial charge in [0.1, 0.15) is 0 Å². The van der Waals surface area contributed by atoms with Crippen LogP contribution in [-0.4, -0.2) is 10.8 Å². The molecular formula is C14H11Cl2NOS. The van der Waals surface area contributed by atoms with Crippen molar-refractivity contribution in [1.82, 2.24) is 4.98 Å². The maximum atomic E-state index is 12.3. The zero-order valence-electron chi connectivity index (χ0n) is 10.2. The Labute approximate surface area is 125 Å². The van der Waals surface area contributed by atoms with Gasteiger partial charge in [0, 0.05) is 35.0 Å². The van der Waals surface area contributed by atoms with Crippen molar-refractivity contribution < 1.29 is 4.79 Å². The average Bonchev–Trinajstić information content (AvgIpc) is 2.68. The lowest BCUT2D eigenvalue weighted by Crippen LogP contribution is -2.21. The molecule has 0 spiro atoms. The van der Waals surface area contributed by atoms with E-state index in [-0.39, 0.29) is 11.7 Å². The van der Waals surface area contributed by atoms with Gasteiger partial charge in [0.2, 0.25) is 0 Å². The normalized spacial score (nSPS) is 18.5. The summed E-state index contributed by atoms with van der Waals surface area (Å²) in [7, 11) is 0. The van der Waals surface area contributed by atoms with Crippen molar-refractivity contribution in [3.05, 3.63) is 49.4 Å². The molecule has 0 saturated carbocycles. The van der Waals surface area contributed by atoms with Gasteiger partial charge >= 0.3 is 0 Å². The predicted molar refractivity (Wildman–Crippen MR) is 78.7 cm³/mol. The van der Waals surface area contributed by atoms with E-state index in [0.29, 0.717) is 15.8 Å². The molecule has 2 aromatic heterocycles. The quantitative estimate of drug-likeness (QED) is 0.766. The third kappa shape index (κ3) is 2.20. The summed E-state index contributed by atoms with van der Waals surface area (Å²) in [6.07, 6.45) is 2.93. The molecule has 3 rings (SSSR count). The molecule has 0 saturated heterocycles. The summed E-state index contributed by atoms with van der Waals surface area (Å²) in [4.78, 5) is 16.7. The first-order valence-electron chi connectivity index (χ1n) is 5.98. The maximum Gasteiger partial charge on any atom is 0.165 e. The molecule has 98 valence electrons. The van der Waals surface area contributed by atoms with Gasteiger partial charge in [-0.1, -0.05) is 23.2 Å². The topological polar surface area (TPSA) is 30.0 Å². The number of carbonyl (C=O) groups is 1. The van der Waals surface area contributed by atoms with Crippen LogP contribution in [0.2, 0.25) is 9.36 Å². The Bertz CT molecular complexity index is 646. The summed E-state index contributed by atoms with van der Waals surface area (Å²) >= 11 is 13.8. The SMILES string of the molecule is Cc1ccnc2c1C(=O)CC(c1c(Cl)csc1Cl)C2. The van der Waals surface area contributed by atoms with Crippen LogP contribution in [0, 0.1) is 6.92 Å². The second kappa shape index (κ2) is 4.89. The number of carbonyl (C=O) groups excluding carboxylic acids is 1. The van der Waals surface area contributed by atoms with Gasteiger partial charge in [-0.2, -0.15) is 0 Å². The lowest BCUT2D eigenvalue weighted by Gasteiger charge is -2.24. The number of fused-ring (bicyclic) bond motifs is 1. The van der Waals surface area contributed by atoms with Gasteiger partial charge in [-0.3, -0.25) is 9.78 Å². The van der Waals surface area contributed by atoms with Crippen molar-refractivity contribution in [1.29, 1.82) is 0 Å². The van der Waals surface area contributed by atoms with E-state index < -0.39 is 0 Å². The lowest BCUT2D eigenvalue weighted by atomic mass is 9.81. The number of rotatable bonds is 1. The summed E-state index contributed by atoms with van der Waals surface area (Å²) in [6, 6.07) is 1.88. The van der Waals surface area contributed by atoms with E-state index in [0.717, 1.165) is 28.8 Å². The summed E-state index contributed by atoms with van der Waals surface area (Å²) in [5, 5.41) is 2.48. The molecule has 0 bridgehead atoms. The van der Waals surface area contributed by atoms with E-state index in [4.69, 9.17) is 23.2 Å². The number of nitrogens with zero attached hydrogens (tertiary/aromatic N) is 1. The number of halogens is 2. The Balaban J connectivity index is 2.05. The van der Waals surface area contributed by atoms with Crippen LogP contribution in [0.3, 0.4) is 0 Å². The summed E-state index contributed by atoms with van der Waals surface area (Å²) in [5.41, 5.74) is 3.53. The van der Waals surface area contributed by atoms with Crippen molar-refractivity contribution in [3.63, 3.8) is 0 Å². The van der Waals surface area contributed by atoms with Gasteiger partial charge in [-0.25, -0.2) is 0 Å². The second-order valence-corrected chi connectivity index (χ2v) is 6.64. The molecule has 2 aromatic rings. The smallest absolute Gasteiger partial charge is 0.165 e. The molecule has 0 amide bonds. The summed E-state index contributed by atoms with van der Waals surface area (Å²) in [5.74, 6) is 0.177. The lowest BCUT2D eigenvalue weighted by molar-refractivity contribution is 0.0962. The number of aromatic nitrogens is 1. The Morgan fingerprint density at radius 2 is 2.16 bits per heavy atom. The second-order valence-electron chi connectivity index (χ2n) is 4.75. The standard InChI is InChI=1S/C14H11Cl2NOS/c1-7-2-3-17-10-4-8(5-11(18)12(7)10)13-9(15)6-19-14(13)16/h2-3,6,8H,4-5H2,1H3. The first-order valence-corrected chi connectivity index (χ1v) is 7.61. The predicted octanol–water partition coefficient (Wildman–Crippen LogP) is 4.67. The number of aryl methyl sites for hydroxylation is 1. The maximum absolute atomic E-state index is 12.3. The van der Waals surface area contributed by atoms with Crippen molar-refractivity contribution in [2.24, 2.45) is 0 Å². The Morgan fingerprint density at radius 3 is 2.84 bits per heavy atom. The largest absolute Gasteiger partial charge is 0.294 e. The zero-order chi connectivity index (χ0) is 13.6.